The van der Waals surface area contributed by atoms with Gasteiger partial charge in [-0.2, -0.15) is 0 Å². The third kappa shape index (κ3) is 4.91. The third-order valence-corrected chi connectivity index (χ3v) is 6.10. The van der Waals surface area contributed by atoms with Gasteiger partial charge >= 0.3 is 0 Å². The zero-order valence-corrected chi connectivity index (χ0v) is 19.6. The van der Waals surface area contributed by atoms with Gasteiger partial charge in [-0.3, -0.25) is 34.6 Å². The molecule has 180 valence electrons. The van der Waals surface area contributed by atoms with Crippen LogP contribution < -0.4 is 15.6 Å². The molecule has 0 unspecified atom stereocenters. The lowest BCUT2D eigenvalue weighted by molar-refractivity contribution is -0.385. The molecule has 2 N–H and O–H groups in total. The number of carbonyl (C=O) groups excluding carboxylic acids is 3. The van der Waals surface area contributed by atoms with E-state index in [1.165, 1.54) is 11.0 Å². The van der Waals surface area contributed by atoms with Crippen LogP contribution in [0, 0.1) is 36.8 Å². The molecule has 10 nitrogen and oxygen atoms in total. The molecular formula is C25H25N5O5. The van der Waals surface area contributed by atoms with E-state index in [1.54, 1.807) is 48.0 Å². The standard InChI is InChI=1S/C25H25N5O5/c1-15-4-11-21(13-22(15)30(34)35)28-14-19(12-23(28)31)24(32)26-20-9-7-18(8-10-20)25(33)27-29-16(2)5-6-17(29)3/h4-11,13,19H,12,14H2,1-3H3,(H,26,32)(H,27,33)/t19-/m0/s1. The van der Waals surface area contributed by atoms with E-state index in [0.717, 1.165) is 11.4 Å². The van der Waals surface area contributed by atoms with E-state index in [1.807, 2.05) is 26.0 Å². The Kier molecular flexibility index (Phi) is 6.37. The van der Waals surface area contributed by atoms with Crippen LogP contribution in [0.1, 0.15) is 33.7 Å². The minimum atomic E-state index is -0.606. The van der Waals surface area contributed by atoms with Crippen LogP contribution in [-0.2, 0) is 9.59 Å². The highest BCUT2D eigenvalue weighted by molar-refractivity contribution is 6.04. The van der Waals surface area contributed by atoms with E-state index < -0.39 is 10.8 Å². The predicted molar refractivity (Wildman–Crippen MR) is 131 cm³/mol. The van der Waals surface area contributed by atoms with Gasteiger partial charge in [0.2, 0.25) is 11.8 Å². The van der Waals surface area contributed by atoms with Crippen molar-refractivity contribution < 1.29 is 19.3 Å². The van der Waals surface area contributed by atoms with Crippen LogP contribution >= 0.6 is 0 Å². The van der Waals surface area contributed by atoms with Gasteiger partial charge in [-0.25, -0.2) is 0 Å². The number of anilines is 2. The highest BCUT2D eigenvalue weighted by Gasteiger charge is 2.35. The Labute approximate surface area is 201 Å². The molecule has 2 aromatic carbocycles. The molecule has 0 radical (unpaired) electrons. The van der Waals surface area contributed by atoms with Crippen molar-refractivity contribution in [2.24, 2.45) is 5.92 Å². The van der Waals surface area contributed by atoms with Crippen LogP contribution in [0.25, 0.3) is 0 Å². The van der Waals surface area contributed by atoms with Gasteiger partial charge in [0.15, 0.2) is 0 Å². The first-order valence-corrected chi connectivity index (χ1v) is 11.1. The summed E-state index contributed by atoms with van der Waals surface area (Å²) in [6, 6.07) is 14.9. The Bertz CT molecular complexity index is 1310. The first-order valence-electron chi connectivity index (χ1n) is 11.1. The number of nitrogens with zero attached hydrogens (tertiary/aromatic N) is 3. The third-order valence-electron chi connectivity index (χ3n) is 6.10. The Hall–Kier alpha value is -4.47. The van der Waals surface area contributed by atoms with Crippen LogP contribution in [0.15, 0.2) is 54.6 Å². The highest BCUT2D eigenvalue weighted by Crippen LogP contribution is 2.30. The van der Waals surface area contributed by atoms with Crippen molar-refractivity contribution in [2.75, 3.05) is 22.2 Å². The Morgan fingerprint density at radius 1 is 1.00 bits per heavy atom. The summed E-state index contributed by atoms with van der Waals surface area (Å²) in [6.07, 6.45) is 0.00354. The number of hydrogen-bond donors (Lipinski definition) is 2. The number of aryl methyl sites for hydroxylation is 3. The van der Waals surface area contributed by atoms with Gasteiger partial charge < -0.3 is 10.2 Å². The molecule has 2 heterocycles. The fourth-order valence-corrected chi connectivity index (χ4v) is 4.06. The number of rotatable bonds is 6. The lowest BCUT2D eigenvalue weighted by Gasteiger charge is -2.17. The summed E-state index contributed by atoms with van der Waals surface area (Å²) in [6.45, 7) is 5.53. The summed E-state index contributed by atoms with van der Waals surface area (Å²) in [7, 11) is 0. The SMILES string of the molecule is Cc1ccc(N2C[C@@H](C(=O)Nc3ccc(C(=O)Nn4c(C)ccc4C)cc3)CC2=O)cc1[N+](=O)[O-]. The first kappa shape index (κ1) is 23.7. The average molecular weight is 476 g/mol. The second-order valence-electron chi connectivity index (χ2n) is 8.59. The fraction of sp³-hybridized carbons (Fsp3) is 0.240. The summed E-state index contributed by atoms with van der Waals surface area (Å²) in [5.74, 6) is -1.50. The molecule has 1 saturated heterocycles. The number of hydrogen-bond acceptors (Lipinski definition) is 5. The Morgan fingerprint density at radius 3 is 2.29 bits per heavy atom. The van der Waals surface area contributed by atoms with E-state index in [-0.39, 0.29) is 36.4 Å². The van der Waals surface area contributed by atoms with Crippen molar-refractivity contribution in [1.29, 1.82) is 0 Å². The van der Waals surface area contributed by atoms with E-state index >= 15 is 0 Å². The van der Waals surface area contributed by atoms with E-state index in [4.69, 9.17) is 0 Å². The van der Waals surface area contributed by atoms with Crippen molar-refractivity contribution in [3.8, 4) is 0 Å². The zero-order chi connectivity index (χ0) is 25.3. The maximum Gasteiger partial charge on any atom is 0.274 e. The second kappa shape index (κ2) is 9.41. The number of aromatic nitrogens is 1. The lowest BCUT2D eigenvalue weighted by Crippen LogP contribution is -2.28. The van der Waals surface area contributed by atoms with E-state index in [2.05, 4.69) is 10.7 Å². The van der Waals surface area contributed by atoms with E-state index in [0.29, 0.717) is 22.5 Å². The average Bonchev–Trinajstić information content (AvgIpc) is 3.37. The normalized spacial score (nSPS) is 15.2. The number of nitro groups is 1. The summed E-state index contributed by atoms with van der Waals surface area (Å²) in [5.41, 5.74) is 6.37. The van der Waals surface area contributed by atoms with Crippen LogP contribution in [0.5, 0.6) is 0 Å². The molecular weight excluding hydrogens is 450 g/mol. The van der Waals surface area contributed by atoms with Gasteiger partial charge in [0.05, 0.1) is 16.5 Å². The molecule has 0 bridgehead atoms. The monoisotopic (exact) mass is 475 g/mol. The van der Waals surface area contributed by atoms with Crippen LogP contribution in [-0.4, -0.2) is 33.9 Å². The molecule has 1 fully saturated rings. The number of nitro benzene ring substituents is 1. The molecule has 1 aliphatic rings. The summed E-state index contributed by atoms with van der Waals surface area (Å²) >= 11 is 0. The molecule has 0 spiro atoms. The molecule has 1 aliphatic heterocycles. The van der Waals surface area contributed by atoms with Crippen molar-refractivity contribution >= 4 is 34.8 Å². The van der Waals surface area contributed by atoms with Gasteiger partial charge in [-0.05, 0) is 63.2 Å². The first-order chi connectivity index (χ1) is 16.6. The molecule has 1 aromatic heterocycles. The Morgan fingerprint density at radius 2 is 1.66 bits per heavy atom. The van der Waals surface area contributed by atoms with Gasteiger partial charge in [0.25, 0.3) is 11.6 Å². The van der Waals surface area contributed by atoms with Gasteiger partial charge in [0.1, 0.15) is 0 Å². The van der Waals surface area contributed by atoms with Crippen molar-refractivity contribution in [1.82, 2.24) is 4.68 Å². The minimum Gasteiger partial charge on any atom is -0.326 e. The molecule has 1 atom stereocenters. The quantitative estimate of drug-likeness (QED) is 0.415. The summed E-state index contributed by atoms with van der Waals surface area (Å²) < 4.78 is 1.70. The molecule has 35 heavy (non-hydrogen) atoms. The number of benzene rings is 2. The van der Waals surface area contributed by atoms with Crippen LogP contribution in [0.2, 0.25) is 0 Å². The Balaban J connectivity index is 1.39. The second-order valence-corrected chi connectivity index (χ2v) is 8.59. The molecule has 3 aromatic rings. The maximum absolute atomic E-state index is 12.8. The number of amides is 3. The molecule has 4 rings (SSSR count). The van der Waals surface area contributed by atoms with Gasteiger partial charge in [-0.1, -0.05) is 6.07 Å². The van der Waals surface area contributed by atoms with Crippen molar-refractivity contribution in [2.45, 2.75) is 27.2 Å². The van der Waals surface area contributed by atoms with Gasteiger partial charge in [-0.15, -0.1) is 0 Å². The van der Waals surface area contributed by atoms with Crippen LogP contribution in [0.3, 0.4) is 0 Å². The maximum atomic E-state index is 12.8. The molecule has 3 amide bonds. The predicted octanol–water partition coefficient (Wildman–Crippen LogP) is 3.70. The largest absolute Gasteiger partial charge is 0.326 e. The number of nitrogens with one attached hydrogen (secondary N) is 2. The smallest absolute Gasteiger partial charge is 0.274 e. The van der Waals surface area contributed by atoms with Gasteiger partial charge in [0, 0.05) is 47.2 Å². The lowest BCUT2D eigenvalue weighted by atomic mass is 10.1. The topological polar surface area (TPSA) is 127 Å². The molecule has 10 heteroatoms. The zero-order valence-electron chi connectivity index (χ0n) is 19.6. The van der Waals surface area contributed by atoms with Crippen LogP contribution in [0.4, 0.5) is 17.1 Å². The highest BCUT2D eigenvalue weighted by atomic mass is 16.6. The fourth-order valence-electron chi connectivity index (χ4n) is 4.06. The summed E-state index contributed by atoms with van der Waals surface area (Å²) in [5, 5.41) is 14.0. The molecule has 0 aliphatic carbocycles. The number of carbonyl (C=O) groups is 3. The minimum absolute atomic E-state index is 0.00354. The summed E-state index contributed by atoms with van der Waals surface area (Å²) in [4.78, 5) is 50.0. The molecule has 0 saturated carbocycles. The van der Waals surface area contributed by atoms with Crippen molar-refractivity contribution in [3.05, 3.63) is 87.2 Å². The van der Waals surface area contributed by atoms with E-state index in [9.17, 15) is 24.5 Å². The van der Waals surface area contributed by atoms with Crippen molar-refractivity contribution in [3.63, 3.8) is 0 Å².